The quantitative estimate of drug-likeness (QED) is 0.348. The Morgan fingerprint density at radius 2 is 2.00 bits per heavy atom. The molecular formula is CH8AlNaO3Si. The minimum absolute atomic E-state index is 0. The maximum Gasteiger partial charge on any atom is 1.00 e. The van der Waals surface area contributed by atoms with Gasteiger partial charge in [0.25, 0.3) is 0 Å². The van der Waals surface area contributed by atoms with E-state index >= 15 is 0 Å². The minimum Gasteiger partial charge on any atom is -1.00 e. The largest absolute Gasteiger partial charge is 1.00 e. The zero-order chi connectivity index (χ0) is 4.28. The van der Waals surface area contributed by atoms with Crippen molar-refractivity contribution in [2.75, 3.05) is 0 Å². The second kappa shape index (κ2) is 10.1. The Morgan fingerprint density at radius 3 is 2.00 bits per heavy atom. The Labute approximate surface area is 78.9 Å². The van der Waals surface area contributed by atoms with Crippen LogP contribution in [-0.4, -0.2) is 39.1 Å². The Kier molecular flexibility index (Phi) is 22.6. The van der Waals surface area contributed by atoms with Crippen LogP contribution >= 0.6 is 0 Å². The molecule has 0 spiro atoms. The fourth-order valence-corrected chi connectivity index (χ4v) is 0. The van der Waals surface area contributed by atoms with Gasteiger partial charge in [0.1, 0.15) is 0 Å². The van der Waals surface area contributed by atoms with E-state index in [1.165, 1.54) is 0 Å². The van der Waals surface area contributed by atoms with Crippen LogP contribution in [0.5, 0.6) is 0 Å². The first-order chi connectivity index (χ1) is 2.27. The molecule has 6 heteroatoms. The zero-order valence-corrected chi connectivity index (χ0v) is 7.76. The van der Waals surface area contributed by atoms with E-state index in [9.17, 15) is 4.79 Å². The van der Waals surface area contributed by atoms with Gasteiger partial charge in [0, 0.05) is 0 Å². The summed E-state index contributed by atoms with van der Waals surface area (Å²) in [7, 11) is 0.274. The van der Waals surface area contributed by atoms with Crippen LogP contribution in [0.15, 0.2) is 0 Å². The van der Waals surface area contributed by atoms with Crippen LogP contribution in [-0.2, 0) is 4.43 Å². The van der Waals surface area contributed by atoms with Crippen molar-refractivity contribution >= 4 is 34.0 Å². The van der Waals surface area contributed by atoms with E-state index in [-0.39, 0.29) is 58.8 Å². The fraction of sp³-hybridized carbons (Fsp3) is 0. The first-order valence-corrected chi connectivity index (χ1v) is 1.86. The molecule has 3 nitrogen and oxygen atoms in total. The monoisotopic (exact) mass is 146 g/mol. The summed E-state index contributed by atoms with van der Waals surface area (Å²) < 4.78 is 3.81. The zero-order valence-electron chi connectivity index (χ0n) is 4.76. The van der Waals surface area contributed by atoms with Gasteiger partial charge in [-0.25, -0.2) is 4.79 Å². The smallest absolute Gasteiger partial charge is 1.00 e. The van der Waals surface area contributed by atoms with Crippen LogP contribution in [0.3, 0.4) is 0 Å². The molecule has 0 radical (unpaired) electrons. The van der Waals surface area contributed by atoms with Gasteiger partial charge in [0.2, 0.25) is 10.5 Å². The van der Waals surface area contributed by atoms with Crippen LogP contribution < -0.4 is 29.6 Å². The third-order valence-corrected chi connectivity index (χ3v) is 0.524. The summed E-state index contributed by atoms with van der Waals surface area (Å²) in [5.41, 5.74) is 0. The van der Waals surface area contributed by atoms with E-state index in [1.54, 1.807) is 0 Å². The van der Waals surface area contributed by atoms with Gasteiger partial charge in [0.05, 0.1) is 0 Å². The van der Waals surface area contributed by atoms with E-state index in [2.05, 4.69) is 4.43 Å². The molecule has 0 fully saturated rings. The number of rotatable bonds is 0. The van der Waals surface area contributed by atoms with Crippen molar-refractivity contribution in [1.82, 2.24) is 0 Å². The summed E-state index contributed by atoms with van der Waals surface area (Å²) in [5, 5.41) is 7.53. The molecule has 0 aromatic heterocycles. The van der Waals surface area contributed by atoms with E-state index in [4.69, 9.17) is 5.11 Å². The molecule has 0 saturated heterocycles. The summed E-state index contributed by atoms with van der Waals surface area (Å²) in [6.07, 6.45) is -1.18. The maximum absolute atomic E-state index is 9.18. The van der Waals surface area contributed by atoms with Crippen molar-refractivity contribution in [3.63, 3.8) is 0 Å². The third kappa shape index (κ3) is 19.4. The molecule has 0 amide bonds. The van der Waals surface area contributed by atoms with Crippen molar-refractivity contribution in [1.29, 1.82) is 0 Å². The van der Waals surface area contributed by atoms with Crippen LogP contribution in [0, 0.1) is 0 Å². The van der Waals surface area contributed by atoms with Crippen molar-refractivity contribution < 1.29 is 45.3 Å². The predicted octanol–water partition coefficient (Wildman–Crippen LogP) is -5.11. The Hall–Kier alpha value is 1.02. The molecule has 0 atom stereocenters. The Morgan fingerprint density at radius 1 is 1.86 bits per heavy atom. The number of carbonyl (C=O) groups is 1. The molecule has 0 unspecified atom stereocenters. The van der Waals surface area contributed by atoms with Crippen LogP contribution in [0.25, 0.3) is 0 Å². The first-order valence-electron chi connectivity index (χ1n) is 1.04. The van der Waals surface area contributed by atoms with Crippen molar-refractivity contribution in [3.8, 4) is 0 Å². The number of carboxylic acid groups (broad SMARTS) is 1. The van der Waals surface area contributed by atoms with Gasteiger partial charge in [-0.15, -0.1) is 0 Å². The molecule has 38 valence electrons. The molecular weight excluding hydrogens is 138 g/mol. The molecule has 0 aliphatic rings. The summed E-state index contributed by atoms with van der Waals surface area (Å²) in [4.78, 5) is 9.18. The van der Waals surface area contributed by atoms with Gasteiger partial charge in [-0.2, -0.15) is 0 Å². The molecule has 0 heterocycles. The minimum atomic E-state index is -1.18. The van der Waals surface area contributed by atoms with E-state index in [0.717, 1.165) is 0 Å². The summed E-state index contributed by atoms with van der Waals surface area (Å²) in [6, 6.07) is 0. The maximum atomic E-state index is 9.18. The van der Waals surface area contributed by atoms with Gasteiger partial charge in [-0.05, 0) is 0 Å². The van der Waals surface area contributed by atoms with E-state index in [1.807, 2.05) is 0 Å². The number of hydrogen-bond donors (Lipinski definition) is 1. The molecule has 0 aromatic rings. The predicted molar refractivity (Wildman–Crippen MR) is 30.1 cm³/mol. The average Bonchev–Trinajstić information content (AvgIpc) is 1.38. The van der Waals surface area contributed by atoms with Crippen LogP contribution in [0.4, 0.5) is 4.79 Å². The van der Waals surface area contributed by atoms with Gasteiger partial charge in [0.15, 0.2) is 17.4 Å². The standard InChI is InChI=1S/CH4O3Si.Al.Na.4H/c2-1(3)4-5;;;;;;/h5H3,(H,2,3);;;;;;/q;;+1;;;;-1. The molecule has 0 rings (SSSR count). The normalized spacial score (nSPS) is 5.14. The molecule has 0 aliphatic heterocycles. The van der Waals surface area contributed by atoms with E-state index in [0.29, 0.717) is 0 Å². The van der Waals surface area contributed by atoms with Gasteiger partial charge >= 0.3 is 35.7 Å². The topological polar surface area (TPSA) is 46.5 Å². The summed E-state index contributed by atoms with van der Waals surface area (Å²) in [5.74, 6) is 0. The van der Waals surface area contributed by atoms with Crippen LogP contribution in [0.2, 0.25) is 0 Å². The molecule has 7 heavy (non-hydrogen) atoms. The molecule has 0 bridgehead atoms. The van der Waals surface area contributed by atoms with Gasteiger partial charge in [-0.1, -0.05) is 0 Å². The molecule has 0 aromatic carbocycles. The number of hydrogen-bond acceptors (Lipinski definition) is 2. The molecule has 0 aliphatic carbocycles. The van der Waals surface area contributed by atoms with Gasteiger partial charge < -0.3 is 11.0 Å². The second-order valence-corrected chi connectivity index (χ2v) is 0.878. The molecule has 0 saturated carbocycles. The van der Waals surface area contributed by atoms with E-state index < -0.39 is 6.16 Å². The summed E-state index contributed by atoms with van der Waals surface area (Å²) >= 11 is 0. The SMILES string of the molecule is O=C(O)O[SiH3].[AlH3].[H-].[Na+]. The van der Waals surface area contributed by atoms with Gasteiger partial charge in [-0.3, -0.25) is 0 Å². The molecule has 1 N–H and O–H groups in total. The fourth-order valence-electron chi connectivity index (χ4n) is 0. The van der Waals surface area contributed by atoms with Crippen molar-refractivity contribution in [2.24, 2.45) is 0 Å². The summed E-state index contributed by atoms with van der Waals surface area (Å²) in [6.45, 7) is 0. The third-order valence-electron chi connectivity index (χ3n) is 0.175. The second-order valence-electron chi connectivity index (χ2n) is 0.470. The van der Waals surface area contributed by atoms with Crippen molar-refractivity contribution in [2.45, 2.75) is 0 Å². The van der Waals surface area contributed by atoms with Crippen molar-refractivity contribution in [3.05, 3.63) is 0 Å². The first kappa shape index (κ1) is 15.7. The Balaban J connectivity index is -0.0000000267. The average molecular weight is 146 g/mol. The van der Waals surface area contributed by atoms with Crippen LogP contribution in [0.1, 0.15) is 1.43 Å². The Bertz CT molecular complexity index is 54.5.